The summed E-state index contributed by atoms with van der Waals surface area (Å²) in [6, 6.07) is 8.37. The van der Waals surface area contributed by atoms with Gasteiger partial charge in [-0.05, 0) is 38.3 Å². The Bertz CT molecular complexity index is 619. The van der Waals surface area contributed by atoms with Crippen LogP contribution in [0.15, 0.2) is 34.4 Å². The van der Waals surface area contributed by atoms with E-state index in [0.717, 1.165) is 22.3 Å². The molecule has 0 unspecified atom stereocenters. The molecular formula is C15H17NOS. The standard InChI is InChI=1S/C15H17NOS/c1-11-6-4-5-9-16(11)13-10-18-14-8-3-2-7-12(14)15(13)17/h2-3,7-8,10-11H,4-6,9H2,1H3/t11-/m0/s1. The molecule has 1 aromatic carbocycles. The van der Waals surface area contributed by atoms with E-state index in [-0.39, 0.29) is 5.43 Å². The van der Waals surface area contributed by atoms with Crippen molar-refractivity contribution < 1.29 is 0 Å². The molecule has 0 spiro atoms. The van der Waals surface area contributed by atoms with Crippen LogP contribution in [-0.4, -0.2) is 12.6 Å². The van der Waals surface area contributed by atoms with Gasteiger partial charge in [-0.25, -0.2) is 0 Å². The normalized spacial score (nSPS) is 20.3. The van der Waals surface area contributed by atoms with Gasteiger partial charge in [0.15, 0.2) is 0 Å². The first-order chi connectivity index (χ1) is 8.77. The third-order valence-corrected chi connectivity index (χ3v) is 4.73. The Morgan fingerprint density at radius 2 is 2.11 bits per heavy atom. The lowest BCUT2D eigenvalue weighted by Crippen LogP contribution is -2.39. The van der Waals surface area contributed by atoms with Gasteiger partial charge in [0.25, 0.3) is 0 Å². The van der Waals surface area contributed by atoms with Gasteiger partial charge in [0, 0.05) is 28.1 Å². The Balaban J connectivity index is 2.12. The largest absolute Gasteiger partial charge is 0.365 e. The van der Waals surface area contributed by atoms with Gasteiger partial charge in [-0.3, -0.25) is 4.79 Å². The SMILES string of the molecule is C[C@H]1CCCCN1c1csc2ccccc2c1=O. The van der Waals surface area contributed by atoms with Crippen LogP contribution in [0.3, 0.4) is 0 Å². The van der Waals surface area contributed by atoms with E-state index in [1.165, 1.54) is 19.3 Å². The fourth-order valence-electron chi connectivity index (χ4n) is 2.72. The molecule has 1 fully saturated rings. The minimum Gasteiger partial charge on any atom is -0.365 e. The van der Waals surface area contributed by atoms with Crippen LogP contribution >= 0.6 is 11.3 Å². The van der Waals surface area contributed by atoms with Crippen molar-refractivity contribution in [1.29, 1.82) is 0 Å². The Kier molecular flexibility index (Phi) is 3.08. The first-order valence-electron chi connectivity index (χ1n) is 6.54. The van der Waals surface area contributed by atoms with Crippen LogP contribution in [0.2, 0.25) is 0 Å². The second-order valence-electron chi connectivity index (χ2n) is 4.98. The number of hydrogen-bond donors (Lipinski definition) is 0. The molecule has 0 aliphatic carbocycles. The van der Waals surface area contributed by atoms with Gasteiger partial charge in [0.05, 0.1) is 5.69 Å². The van der Waals surface area contributed by atoms with Crippen molar-refractivity contribution in [2.45, 2.75) is 32.2 Å². The first-order valence-corrected chi connectivity index (χ1v) is 7.42. The number of rotatable bonds is 1. The van der Waals surface area contributed by atoms with Gasteiger partial charge in [-0.2, -0.15) is 0 Å². The molecule has 3 rings (SSSR count). The van der Waals surface area contributed by atoms with Gasteiger partial charge in [-0.1, -0.05) is 12.1 Å². The Morgan fingerprint density at radius 3 is 2.94 bits per heavy atom. The molecule has 2 nitrogen and oxygen atoms in total. The molecule has 0 bridgehead atoms. The number of piperidine rings is 1. The molecule has 18 heavy (non-hydrogen) atoms. The minimum atomic E-state index is 0.193. The highest BCUT2D eigenvalue weighted by atomic mass is 32.1. The molecule has 94 valence electrons. The zero-order chi connectivity index (χ0) is 12.5. The zero-order valence-electron chi connectivity index (χ0n) is 10.6. The zero-order valence-corrected chi connectivity index (χ0v) is 11.4. The maximum Gasteiger partial charge on any atom is 0.211 e. The Morgan fingerprint density at radius 1 is 1.28 bits per heavy atom. The van der Waals surface area contributed by atoms with Gasteiger partial charge in [0.2, 0.25) is 5.43 Å². The van der Waals surface area contributed by atoms with E-state index >= 15 is 0 Å². The minimum absolute atomic E-state index is 0.193. The highest BCUT2D eigenvalue weighted by Gasteiger charge is 2.21. The molecule has 0 amide bonds. The van der Waals surface area contributed by atoms with Crippen LogP contribution in [0.4, 0.5) is 5.69 Å². The average molecular weight is 259 g/mol. The number of nitrogens with zero attached hydrogens (tertiary/aromatic N) is 1. The summed E-state index contributed by atoms with van der Waals surface area (Å²) in [6.45, 7) is 3.24. The fourth-order valence-corrected chi connectivity index (χ4v) is 3.65. The topological polar surface area (TPSA) is 20.3 Å². The lowest BCUT2D eigenvalue weighted by Gasteiger charge is -2.34. The molecule has 1 saturated heterocycles. The van der Waals surface area contributed by atoms with Gasteiger partial charge < -0.3 is 4.90 Å². The molecule has 1 aliphatic heterocycles. The van der Waals surface area contributed by atoms with E-state index in [1.54, 1.807) is 11.3 Å². The summed E-state index contributed by atoms with van der Waals surface area (Å²) < 4.78 is 1.08. The molecular weight excluding hydrogens is 242 g/mol. The quantitative estimate of drug-likeness (QED) is 0.779. The summed E-state index contributed by atoms with van der Waals surface area (Å²) >= 11 is 1.67. The van der Waals surface area contributed by atoms with E-state index in [9.17, 15) is 4.79 Å². The summed E-state index contributed by atoms with van der Waals surface area (Å²) in [7, 11) is 0. The van der Waals surface area contributed by atoms with Crippen molar-refractivity contribution in [3.8, 4) is 0 Å². The third kappa shape index (κ3) is 1.93. The molecule has 0 radical (unpaired) electrons. The van der Waals surface area contributed by atoms with Crippen LogP contribution in [0.1, 0.15) is 26.2 Å². The number of hydrogen-bond acceptors (Lipinski definition) is 3. The van der Waals surface area contributed by atoms with Crippen molar-refractivity contribution in [1.82, 2.24) is 0 Å². The number of benzene rings is 1. The predicted octanol–water partition coefficient (Wildman–Crippen LogP) is 3.64. The van der Waals surface area contributed by atoms with Crippen LogP contribution < -0.4 is 10.3 Å². The van der Waals surface area contributed by atoms with Gasteiger partial charge in [-0.15, -0.1) is 11.3 Å². The summed E-state index contributed by atoms with van der Waals surface area (Å²) in [4.78, 5) is 14.8. The second kappa shape index (κ2) is 4.73. The van der Waals surface area contributed by atoms with Crippen LogP contribution in [0, 0.1) is 0 Å². The predicted molar refractivity (Wildman–Crippen MR) is 78.8 cm³/mol. The molecule has 0 N–H and O–H groups in total. The van der Waals surface area contributed by atoms with Gasteiger partial charge in [0.1, 0.15) is 0 Å². The van der Waals surface area contributed by atoms with E-state index in [4.69, 9.17) is 0 Å². The number of fused-ring (bicyclic) bond motifs is 1. The van der Waals surface area contributed by atoms with Crippen molar-refractivity contribution in [3.63, 3.8) is 0 Å². The summed E-state index contributed by atoms with van der Waals surface area (Å²) in [6.07, 6.45) is 3.67. The molecule has 2 heterocycles. The highest BCUT2D eigenvalue weighted by molar-refractivity contribution is 7.16. The maximum absolute atomic E-state index is 12.5. The lowest BCUT2D eigenvalue weighted by atomic mass is 10.0. The van der Waals surface area contributed by atoms with Crippen LogP contribution in [0.5, 0.6) is 0 Å². The van der Waals surface area contributed by atoms with E-state index in [1.807, 2.05) is 29.6 Å². The molecule has 1 atom stereocenters. The van der Waals surface area contributed by atoms with Crippen molar-refractivity contribution >= 4 is 27.1 Å². The van der Waals surface area contributed by atoms with Gasteiger partial charge >= 0.3 is 0 Å². The van der Waals surface area contributed by atoms with Crippen LogP contribution in [0.25, 0.3) is 10.1 Å². The van der Waals surface area contributed by atoms with Crippen molar-refractivity contribution in [2.75, 3.05) is 11.4 Å². The lowest BCUT2D eigenvalue weighted by molar-refractivity contribution is 0.484. The molecule has 1 aliphatic rings. The summed E-state index contributed by atoms with van der Waals surface area (Å²) in [5.41, 5.74) is 1.09. The summed E-state index contributed by atoms with van der Waals surface area (Å²) in [5.74, 6) is 0. The monoisotopic (exact) mass is 259 g/mol. The molecule has 1 aromatic heterocycles. The fraction of sp³-hybridized carbons (Fsp3) is 0.400. The molecule has 2 aromatic rings. The van der Waals surface area contributed by atoms with E-state index in [0.29, 0.717) is 6.04 Å². The van der Waals surface area contributed by atoms with Crippen molar-refractivity contribution in [2.24, 2.45) is 0 Å². The Hall–Kier alpha value is -1.35. The maximum atomic E-state index is 12.5. The molecule has 3 heteroatoms. The average Bonchev–Trinajstić information content (AvgIpc) is 2.41. The third-order valence-electron chi connectivity index (χ3n) is 3.77. The smallest absolute Gasteiger partial charge is 0.211 e. The van der Waals surface area contributed by atoms with Crippen LogP contribution in [-0.2, 0) is 0 Å². The van der Waals surface area contributed by atoms with E-state index in [2.05, 4.69) is 11.8 Å². The second-order valence-corrected chi connectivity index (χ2v) is 5.90. The number of anilines is 1. The van der Waals surface area contributed by atoms with Crippen molar-refractivity contribution in [3.05, 3.63) is 39.9 Å². The first kappa shape index (κ1) is 11.7. The van der Waals surface area contributed by atoms with E-state index < -0.39 is 0 Å². The highest BCUT2D eigenvalue weighted by Crippen LogP contribution is 2.26. The Labute approximate surface area is 111 Å². The summed E-state index contributed by atoms with van der Waals surface area (Å²) in [5, 5.41) is 2.89. The molecule has 0 saturated carbocycles.